The van der Waals surface area contributed by atoms with Crippen LogP contribution >= 0.6 is 0 Å². The lowest BCUT2D eigenvalue weighted by Gasteiger charge is -2.18. The minimum atomic E-state index is -0.782. The summed E-state index contributed by atoms with van der Waals surface area (Å²) in [6.45, 7) is 6.66. The zero-order valence-corrected chi connectivity index (χ0v) is 52.2. The third-order valence-electron chi connectivity index (χ3n) is 15.2. The van der Waals surface area contributed by atoms with Gasteiger partial charge in [-0.15, -0.1) is 0 Å². The highest BCUT2D eigenvalue weighted by Crippen LogP contribution is 2.17. The van der Waals surface area contributed by atoms with Gasteiger partial charge in [-0.25, -0.2) is 0 Å². The highest BCUT2D eigenvalue weighted by Gasteiger charge is 2.19. The summed E-state index contributed by atoms with van der Waals surface area (Å²) in [6.07, 6.45) is 85.2. The van der Waals surface area contributed by atoms with Crippen LogP contribution in [0.2, 0.25) is 0 Å². The lowest BCUT2D eigenvalue weighted by molar-refractivity contribution is -0.167. The van der Waals surface area contributed by atoms with E-state index in [1.165, 1.54) is 238 Å². The van der Waals surface area contributed by atoms with Gasteiger partial charge in [-0.3, -0.25) is 14.4 Å². The van der Waals surface area contributed by atoms with Gasteiger partial charge in [0.2, 0.25) is 0 Å². The van der Waals surface area contributed by atoms with E-state index in [4.69, 9.17) is 14.2 Å². The van der Waals surface area contributed by atoms with Crippen LogP contribution in [0.1, 0.15) is 361 Å². The van der Waals surface area contributed by atoms with Gasteiger partial charge in [0.05, 0.1) is 0 Å². The molecule has 0 aliphatic rings. The number of rotatable bonds is 63. The van der Waals surface area contributed by atoms with Crippen LogP contribution in [0.4, 0.5) is 0 Å². The lowest BCUT2D eigenvalue weighted by atomic mass is 10.0. The number of hydrogen-bond acceptors (Lipinski definition) is 6. The molecule has 0 aliphatic heterocycles. The van der Waals surface area contributed by atoms with Crippen LogP contribution in [-0.4, -0.2) is 37.2 Å². The van der Waals surface area contributed by atoms with Crippen molar-refractivity contribution in [3.63, 3.8) is 0 Å². The van der Waals surface area contributed by atoms with Crippen molar-refractivity contribution in [1.82, 2.24) is 0 Å². The standard InChI is InChI=1S/C72H130O6/c1-4-7-10-13-16-19-22-25-28-30-32-34-36-38-40-42-44-47-50-53-56-59-62-65-71(74)77-68-69(67-76-70(73)64-61-58-55-52-49-46-27-24-21-18-15-12-9-6-3)78-72(75)66-63-60-57-54-51-48-45-43-41-39-37-35-33-31-29-26-23-20-17-14-11-8-5-2/h22,24-25,27,30-33,36,38,69H,4-21,23,26,28-29,34-35,37,39-68H2,1-3H3/b25-22-,27-24-,32-30-,33-31-,38-36-. The molecule has 454 valence electrons. The molecule has 0 N–H and O–H groups in total. The fourth-order valence-corrected chi connectivity index (χ4v) is 10.0. The molecule has 0 aliphatic carbocycles. The Labute approximate surface area is 485 Å². The van der Waals surface area contributed by atoms with Gasteiger partial charge in [0, 0.05) is 19.3 Å². The molecule has 78 heavy (non-hydrogen) atoms. The highest BCUT2D eigenvalue weighted by molar-refractivity contribution is 5.71. The Kier molecular flexibility index (Phi) is 64.2. The Morgan fingerprint density at radius 2 is 0.462 bits per heavy atom. The largest absolute Gasteiger partial charge is 0.462 e. The maximum atomic E-state index is 12.9. The first-order valence-corrected chi connectivity index (χ1v) is 34.3. The molecule has 0 bridgehead atoms. The third-order valence-corrected chi connectivity index (χ3v) is 15.2. The summed E-state index contributed by atoms with van der Waals surface area (Å²) in [5, 5.41) is 0. The molecule has 0 saturated carbocycles. The Morgan fingerprint density at radius 3 is 0.731 bits per heavy atom. The van der Waals surface area contributed by atoms with Gasteiger partial charge in [0.15, 0.2) is 6.10 Å². The first-order valence-electron chi connectivity index (χ1n) is 34.3. The van der Waals surface area contributed by atoms with Crippen LogP contribution in [0.3, 0.4) is 0 Å². The zero-order valence-electron chi connectivity index (χ0n) is 52.2. The van der Waals surface area contributed by atoms with E-state index in [0.29, 0.717) is 19.3 Å². The van der Waals surface area contributed by atoms with Crippen molar-refractivity contribution in [2.24, 2.45) is 0 Å². The smallest absolute Gasteiger partial charge is 0.306 e. The Hall–Kier alpha value is -2.89. The minimum absolute atomic E-state index is 0.0789. The van der Waals surface area contributed by atoms with Crippen molar-refractivity contribution in [2.75, 3.05) is 13.2 Å². The fourth-order valence-electron chi connectivity index (χ4n) is 10.0. The molecule has 0 aromatic rings. The topological polar surface area (TPSA) is 78.9 Å². The van der Waals surface area contributed by atoms with E-state index >= 15 is 0 Å². The molecule has 6 nitrogen and oxygen atoms in total. The van der Waals surface area contributed by atoms with Gasteiger partial charge in [0.1, 0.15) is 13.2 Å². The van der Waals surface area contributed by atoms with Gasteiger partial charge < -0.3 is 14.2 Å². The van der Waals surface area contributed by atoms with E-state index in [2.05, 4.69) is 81.5 Å². The summed E-state index contributed by atoms with van der Waals surface area (Å²) in [5.41, 5.74) is 0. The highest BCUT2D eigenvalue weighted by atomic mass is 16.6. The molecule has 0 rings (SSSR count). The predicted molar refractivity (Wildman–Crippen MR) is 339 cm³/mol. The minimum Gasteiger partial charge on any atom is -0.462 e. The van der Waals surface area contributed by atoms with Gasteiger partial charge in [0.25, 0.3) is 0 Å². The van der Waals surface area contributed by atoms with Crippen molar-refractivity contribution in [2.45, 2.75) is 367 Å². The van der Waals surface area contributed by atoms with E-state index in [9.17, 15) is 14.4 Å². The van der Waals surface area contributed by atoms with Crippen molar-refractivity contribution in [3.05, 3.63) is 60.8 Å². The van der Waals surface area contributed by atoms with Crippen LogP contribution in [0.5, 0.6) is 0 Å². The summed E-state index contributed by atoms with van der Waals surface area (Å²) in [7, 11) is 0. The molecule has 1 atom stereocenters. The van der Waals surface area contributed by atoms with Crippen LogP contribution in [0, 0.1) is 0 Å². The number of unbranched alkanes of at least 4 members (excludes halogenated alkanes) is 42. The molecule has 0 aromatic heterocycles. The summed E-state index contributed by atoms with van der Waals surface area (Å²) in [4.78, 5) is 38.4. The SMILES string of the molecule is CCCCCCC/C=C\C/C=C\C/C=C\CCCCCCCCCCC(=O)OCC(COC(=O)CCCCCCC/C=C\CCCCCCC)OC(=O)CCCCCCCCCCCCC/C=C\CCCCCCCCCC. The second kappa shape index (κ2) is 66.6. The van der Waals surface area contributed by atoms with Crippen molar-refractivity contribution in [1.29, 1.82) is 0 Å². The summed E-state index contributed by atoms with van der Waals surface area (Å²) < 4.78 is 17.0. The number of hydrogen-bond donors (Lipinski definition) is 0. The molecule has 0 fully saturated rings. The van der Waals surface area contributed by atoms with Gasteiger partial charge in [-0.2, -0.15) is 0 Å². The quantitative estimate of drug-likeness (QED) is 0.0261. The number of carbonyl (C=O) groups excluding carboxylic acids is 3. The molecule has 0 aromatic carbocycles. The summed E-state index contributed by atoms with van der Waals surface area (Å²) >= 11 is 0. The normalized spacial score (nSPS) is 12.4. The Bertz CT molecular complexity index is 1390. The van der Waals surface area contributed by atoms with Crippen LogP contribution in [-0.2, 0) is 28.6 Å². The van der Waals surface area contributed by atoms with Crippen LogP contribution in [0.25, 0.3) is 0 Å². The van der Waals surface area contributed by atoms with E-state index in [-0.39, 0.29) is 31.1 Å². The number of allylic oxidation sites excluding steroid dienone is 10. The fraction of sp³-hybridized carbons (Fsp3) is 0.819. The van der Waals surface area contributed by atoms with Crippen LogP contribution < -0.4 is 0 Å². The Balaban J connectivity index is 4.32. The molecule has 0 heterocycles. The number of ether oxygens (including phenoxy) is 3. The van der Waals surface area contributed by atoms with Gasteiger partial charge in [-0.1, -0.05) is 293 Å². The first-order chi connectivity index (χ1) is 38.5. The van der Waals surface area contributed by atoms with E-state index in [1.807, 2.05) is 0 Å². The van der Waals surface area contributed by atoms with Crippen molar-refractivity contribution in [3.8, 4) is 0 Å². The van der Waals surface area contributed by atoms with E-state index in [1.54, 1.807) is 0 Å². The first kappa shape index (κ1) is 75.1. The lowest BCUT2D eigenvalue weighted by Crippen LogP contribution is -2.30. The molecule has 0 spiro atoms. The average molecular weight is 1090 g/mol. The average Bonchev–Trinajstić information content (AvgIpc) is 3.44. The monoisotopic (exact) mass is 1090 g/mol. The second-order valence-electron chi connectivity index (χ2n) is 23.1. The maximum absolute atomic E-state index is 12.9. The van der Waals surface area contributed by atoms with E-state index < -0.39 is 6.10 Å². The Morgan fingerprint density at radius 1 is 0.256 bits per heavy atom. The summed E-state index contributed by atoms with van der Waals surface area (Å²) in [6, 6.07) is 0. The summed E-state index contributed by atoms with van der Waals surface area (Å²) in [5.74, 6) is -0.875. The molecular formula is C72H130O6. The molecular weight excluding hydrogens is 961 g/mol. The van der Waals surface area contributed by atoms with E-state index in [0.717, 1.165) is 83.5 Å². The maximum Gasteiger partial charge on any atom is 0.306 e. The molecule has 0 amide bonds. The van der Waals surface area contributed by atoms with Crippen LogP contribution in [0.15, 0.2) is 60.8 Å². The second-order valence-corrected chi connectivity index (χ2v) is 23.1. The van der Waals surface area contributed by atoms with Crippen molar-refractivity contribution >= 4 is 17.9 Å². The number of carbonyl (C=O) groups is 3. The van der Waals surface area contributed by atoms with Gasteiger partial charge >= 0.3 is 17.9 Å². The molecule has 6 heteroatoms. The molecule has 0 saturated heterocycles. The van der Waals surface area contributed by atoms with Gasteiger partial charge in [-0.05, 0) is 109 Å². The molecule has 1 unspecified atom stereocenters. The predicted octanol–water partition coefficient (Wildman–Crippen LogP) is 23.5. The number of esters is 3. The van der Waals surface area contributed by atoms with Crippen molar-refractivity contribution < 1.29 is 28.6 Å². The molecule has 0 radical (unpaired) electrons. The third kappa shape index (κ3) is 63.9. The zero-order chi connectivity index (χ0) is 56.4.